The Kier molecular flexibility index (Phi) is 3.47. The van der Waals surface area contributed by atoms with Crippen LogP contribution in [0.1, 0.15) is 11.5 Å². The van der Waals surface area contributed by atoms with Crippen molar-refractivity contribution >= 4 is 5.97 Å². The average molecular weight is 196 g/mol. The molecule has 76 valence electrons. The normalized spacial score (nSPS) is 12.4. The van der Waals surface area contributed by atoms with Gasteiger partial charge in [-0.2, -0.15) is 5.10 Å². The van der Waals surface area contributed by atoms with Gasteiger partial charge in [0.15, 0.2) is 0 Å². The van der Waals surface area contributed by atoms with Crippen LogP contribution in [0.4, 0.5) is 0 Å². The molecule has 0 aliphatic carbocycles. The van der Waals surface area contributed by atoms with Crippen molar-refractivity contribution in [3.63, 3.8) is 0 Å². The Labute approximate surface area is 81.2 Å². The minimum atomic E-state index is -0.921. The predicted molar refractivity (Wildman–Crippen MR) is 48.4 cm³/mol. The lowest BCUT2D eigenvalue weighted by atomic mass is 10.0. The second-order valence-electron chi connectivity index (χ2n) is 2.97. The zero-order valence-electron chi connectivity index (χ0n) is 7.84. The maximum absolute atomic E-state index is 10.7. The Balaban J connectivity index is 2.67. The van der Waals surface area contributed by atoms with Gasteiger partial charge < -0.3 is 10.8 Å². The number of aromatic nitrogens is 3. The van der Waals surface area contributed by atoms with E-state index in [0.717, 1.165) is 0 Å². The lowest BCUT2D eigenvalue weighted by molar-refractivity contribution is -0.141. The summed E-state index contributed by atoms with van der Waals surface area (Å²) in [4.78, 5) is 14.6. The quantitative estimate of drug-likeness (QED) is 0.665. The first-order valence-electron chi connectivity index (χ1n) is 4.21. The SMILES string of the molecule is Cc1ncc(CC(CN)C(=O)O)nn1. The summed E-state index contributed by atoms with van der Waals surface area (Å²) in [6, 6.07) is 0. The Hall–Kier alpha value is -1.56. The molecule has 0 aromatic carbocycles. The number of nitrogens with zero attached hydrogens (tertiary/aromatic N) is 3. The van der Waals surface area contributed by atoms with Crippen LogP contribution < -0.4 is 5.73 Å². The largest absolute Gasteiger partial charge is 0.481 e. The summed E-state index contributed by atoms with van der Waals surface area (Å²) in [7, 11) is 0. The Morgan fingerprint density at radius 3 is 2.79 bits per heavy atom. The molecule has 6 heteroatoms. The smallest absolute Gasteiger partial charge is 0.308 e. The molecule has 1 aromatic rings. The van der Waals surface area contributed by atoms with Crippen LogP contribution in [0.2, 0.25) is 0 Å². The predicted octanol–water partition coefficient (Wildman–Crippen LogP) is -0.618. The van der Waals surface area contributed by atoms with Gasteiger partial charge in [0, 0.05) is 13.0 Å². The summed E-state index contributed by atoms with van der Waals surface area (Å²) in [5, 5.41) is 16.3. The maximum atomic E-state index is 10.7. The van der Waals surface area contributed by atoms with Crippen LogP contribution in [-0.2, 0) is 11.2 Å². The van der Waals surface area contributed by atoms with Crippen LogP contribution in [0.15, 0.2) is 6.20 Å². The van der Waals surface area contributed by atoms with Crippen molar-refractivity contribution in [2.75, 3.05) is 6.54 Å². The van der Waals surface area contributed by atoms with Gasteiger partial charge in [-0.1, -0.05) is 0 Å². The van der Waals surface area contributed by atoms with Crippen LogP contribution in [-0.4, -0.2) is 32.8 Å². The van der Waals surface area contributed by atoms with E-state index in [1.165, 1.54) is 6.20 Å². The van der Waals surface area contributed by atoms with Crippen molar-refractivity contribution in [1.29, 1.82) is 0 Å². The number of hydrogen-bond donors (Lipinski definition) is 2. The molecule has 3 N–H and O–H groups in total. The first-order chi connectivity index (χ1) is 6.63. The summed E-state index contributed by atoms with van der Waals surface area (Å²) in [5.74, 6) is -0.975. The monoisotopic (exact) mass is 196 g/mol. The molecule has 0 bridgehead atoms. The highest BCUT2D eigenvalue weighted by atomic mass is 16.4. The second kappa shape index (κ2) is 4.61. The minimum absolute atomic E-state index is 0.0882. The number of carboxylic acids is 1. The number of rotatable bonds is 4. The molecular formula is C8H12N4O2. The van der Waals surface area contributed by atoms with Crippen LogP contribution in [0.3, 0.4) is 0 Å². The van der Waals surface area contributed by atoms with E-state index >= 15 is 0 Å². The lowest BCUT2D eigenvalue weighted by Gasteiger charge is -2.07. The van der Waals surface area contributed by atoms with Gasteiger partial charge in [-0.15, -0.1) is 5.10 Å². The van der Waals surface area contributed by atoms with Gasteiger partial charge in [-0.3, -0.25) is 4.79 Å². The number of nitrogens with two attached hydrogens (primary N) is 1. The van der Waals surface area contributed by atoms with Crippen molar-refractivity contribution in [3.05, 3.63) is 17.7 Å². The molecule has 1 unspecified atom stereocenters. The van der Waals surface area contributed by atoms with Gasteiger partial charge in [0.1, 0.15) is 5.82 Å². The molecule has 0 aliphatic heterocycles. The summed E-state index contributed by atoms with van der Waals surface area (Å²) < 4.78 is 0. The lowest BCUT2D eigenvalue weighted by Crippen LogP contribution is -2.25. The molecule has 6 nitrogen and oxygen atoms in total. The average Bonchev–Trinajstić information content (AvgIpc) is 2.16. The Morgan fingerprint density at radius 1 is 1.64 bits per heavy atom. The molecule has 1 rings (SSSR count). The third kappa shape index (κ3) is 2.74. The Morgan fingerprint density at radius 2 is 2.36 bits per heavy atom. The molecule has 0 fully saturated rings. The first kappa shape index (κ1) is 10.5. The fourth-order valence-corrected chi connectivity index (χ4v) is 0.974. The number of hydrogen-bond acceptors (Lipinski definition) is 5. The fraction of sp³-hybridized carbons (Fsp3) is 0.500. The second-order valence-corrected chi connectivity index (χ2v) is 2.97. The number of aliphatic carboxylic acids is 1. The summed E-state index contributed by atoms with van der Waals surface area (Å²) in [6.45, 7) is 1.80. The van der Waals surface area contributed by atoms with Crippen LogP contribution >= 0.6 is 0 Å². The van der Waals surface area contributed by atoms with E-state index in [-0.39, 0.29) is 13.0 Å². The molecule has 0 amide bonds. The van der Waals surface area contributed by atoms with Crippen molar-refractivity contribution in [1.82, 2.24) is 15.2 Å². The third-order valence-electron chi connectivity index (χ3n) is 1.81. The van der Waals surface area contributed by atoms with Crippen molar-refractivity contribution in [2.45, 2.75) is 13.3 Å². The molecule has 1 heterocycles. The van der Waals surface area contributed by atoms with E-state index in [9.17, 15) is 4.79 Å². The number of carbonyl (C=O) groups is 1. The van der Waals surface area contributed by atoms with Crippen LogP contribution in [0.25, 0.3) is 0 Å². The third-order valence-corrected chi connectivity index (χ3v) is 1.81. The van der Waals surface area contributed by atoms with E-state index in [1.54, 1.807) is 6.92 Å². The fourth-order valence-electron chi connectivity index (χ4n) is 0.974. The summed E-state index contributed by atoms with van der Waals surface area (Å²) in [6.07, 6.45) is 1.79. The molecule has 0 saturated heterocycles. The van der Waals surface area contributed by atoms with E-state index in [2.05, 4.69) is 15.2 Å². The highest BCUT2D eigenvalue weighted by Crippen LogP contribution is 2.03. The number of carboxylic acid groups (broad SMARTS) is 1. The van der Waals surface area contributed by atoms with Crippen molar-refractivity contribution < 1.29 is 9.90 Å². The molecule has 1 aromatic heterocycles. The highest BCUT2D eigenvalue weighted by molar-refractivity contribution is 5.70. The van der Waals surface area contributed by atoms with Gasteiger partial charge in [0.05, 0.1) is 17.8 Å². The zero-order chi connectivity index (χ0) is 10.6. The molecule has 0 saturated carbocycles. The molecule has 0 aliphatic rings. The summed E-state index contributed by atoms with van der Waals surface area (Å²) in [5.41, 5.74) is 5.85. The van der Waals surface area contributed by atoms with E-state index in [4.69, 9.17) is 10.8 Å². The molecule has 0 spiro atoms. The maximum Gasteiger partial charge on any atom is 0.308 e. The van der Waals surface area contributed by atoms with Crippen molar-refractivity contribution in [2.24, 2.45) is 11.7 Å². The van der Waals surface area contributed by atoms with Gasteiger partial charge in [0.2, 0.25) is 0 Å². The standard InChI is InChI=1S/C8H12N4O2/c1-5-10-4-7(12-11-5)2-6(3-9)8(13)14/h4,6H,2-3,9H2,1H3,(H,13,14). The van der Waals surface area contributed by atoms with Gasteiger partial charge in [-0.25, -0.2) is 4.98 Å². The highest BCUT2D eigenvalue weighted by Gasteiger charge is 2.16. The van der Waals surface area contributed by atoms with Crippen LogP contribution in [0.5, 0.6) is 0 Å². The van der Waals surface area contributed by atoms with Gasteiger partial charge >= 0.3 is 5.97 Å². The van der Waals surface area contributed by atoms with Crippen molar-refractivity contribution in [3.8, 4) is 0 Å². The molecule has 0 radical (unpaired) electrons. The molecule has 14 heavy (non-hydrogen) atoms. The van der Waals surface area contributed by atoms with E-state index in [1.807, 2.05) is 0 Å². The molecular weight excluding hydrogens is 184 g/mol. The van der Waals surface area contributed by atoms with E-state index in [0.29, 0.717) is 11.5 Å². The first-order valence-corrected chi connectivity index (χ1v) is 4.21. The zero-order valence-corrected chi connectivity index (χ0v) is 7.84. The summed E-state index contributed by atoms with van der Waals surface area (Å²) >= 11 is 0. The van der Waals surface area contributed by atoms with E-state index < -0.39 is 11.9 Å². The molecule has 1 atom stereocenters. The minimum Gasteiger partial charge on any atom is -0.481 e. The topological polar surface area (TPSA) is 102 Å². The van der Waals surface area contributed by atoms with Gasteiger partial charge in [0.25, 0.3) is 0 Å². The van der Waals surface area contributed by atoms with Gasteiger partial charge in [-0.05, 0) is 6.92 Å². The number of aryl methyl sites for hydroxylation is 1. The van der Waals surface area contributed by atoms with Crippen LogP contribution in [0, 0.1) is 12.8 Å². The Bertz CT molecular complexity index is 312.